The Labute approximate surface area is 115 Å². The number of halogens is 3. The molecule has 0 unspecified atom stereocenters. The van der Waals surface area contributed by atoms with Crippen LogP contribution in [-0.4, -0.2) is 22.0 Å². The van der Waals surface area contributed by atoms with Crippen LogP contribution in [0.5, 0.6) is 0 Å². The predicted octanol–water partition coefficient (Wildman–Crippen LogP) is 1.90. The van der Waals surface area contributed by atoms with Crippen LogP contribution in [-0.2, 0) is 12.7 Å². The van der Waals surface area contributed by atoms with Crippen LogP contribution >= 0.6 is 11.3 Å². The molecule has 0 aliphatic rings. The van der Waals surface area contributed by atoms with E-state index >= 15 is 0 Å². The highest BCUT2D eigenvalue weighted by atomic mass is 32.1. The van der Waals surface area contributed by atoms with Gasteiger partial charge < -0.3 is 15.6 Å². The van der Waals surface area contributed by atoms with E-state index in [1.54, 1.807) is 5.38 Å². The number of nitrogens with one attached hydrogen (secondary N) is 3. The normalized spacial score (nSPS) is 11.4. The number of rotatable bonds is 4. The van der Waals surface area contributed by atoms with E-state index in [1.165, 1.54) is 13.1 Å². The molecule has 0 saturated carbocycles. The maximum atomic E-state index is 12.6. The summed E-state index contributed by atoms with van der Waals surface area (Å²) < 4.78 is 37.9. The summed E-state index contributed by atoms with van der Waals surface area (Å²) in [4.78, 5) is 20.0. The lowest BCUT2D eigenvalue weighted by atomic mass is 10.4. The van der Waals surface area contributed by atoms with Crippen molar-refractivity contribution >= 4 is 23.0 Å². The van der Waals surface area contributed by atoms with Gasteiger partial charge in [0.15, 0.2) is 0 Å². The van der Waals surface area contributed by atoms with Crippen molar-refractivity contribution in [2.75, 3.05) is 17.7 Å². The Bertz CT molecular complexity index is 651. The van der Waals surface area contributed by atoms with Gasteiger partial charge in [0.2, 0.25) is 5.82 Å². The highest BCUT2D eigenvalue weighted by Crippen LogP contribution is 2.28. The highest BCUT2D eigenvalue weighted by Gasteiger charge is 2.35. The van der Waals surface area contributed by atoms with Gasteiger partial charge in [0, 0.05) is 24.2 Å². The van der Waals surface area contributed by atoms with Gasteiger partial charge in [-0.3, -0.25) is 4.79 Å². The minimum Gasteiger partial charge on any atom is -0.373 e. The third-order valence-electron chi connectivity index (χ3n) is 2.27. The molecule has 0 radical (unpaired) electrons. The molecule has 3 N–H and O–H groups in total. The third-order valence-corrected chi connectivity index (χ3v) is 2.99. The average molecular weight is 305 g/mol. The van der Waals surface area contributed by atoms with Gasteiger partial charge in [0.1, 0.15) is 11.6 Å². The largest absolute Gasteiger partial charge is 0.451 e. The maximum absolute atomic E-state index is 12.6. The molecule has 0 aliphatic heterocycles. The van der Waals surface area contributed by atoms with Crippen molar-refractivity contribution in [1.82, 2.24) is 15.0 Å². The first-order valence-electron chi connectivity index (χ1n) is 5.43. The number of H-pyrrole nitrogens is 1. The molecule has 2 aromatic rings. The van der Waals surface area contributed by atoms with E-state index in [2.05, 4.69) is 25.6 Å². The quantitative estimate of drug-likeness (QED) is 0.803. The van der Waals surface area contributed by atoms with Crippen LogP contribution in [0, 0.1) is 0 Å². The van der Waals surface area contributed by atoms with E-state index in [0.717, 1.165) is 11.3 Å². The zero-order valence-electron chi connectivity index (χ0n) is 10.2. The Morgan fingerprint density at radius 3 is 2.60 bits per heavy atom. The first-order chi connectivity index (χ1) is 9.38. The number of anilines is 2. The predicted molar refractivity (Wildman–Crippen MR) is 68.8 cm³/mol. The smallest absolute Gasteiger partial charge is 0.373 e. The first kappa shape index (κ1) is 14.3. The van der Waals surface area contributed by atoms with Crippen molar-refractivity contribution in [3.05, 3.63) is 32.6 Å². The number of hydrogen-bond donors (Lipinski definition) is 3. The Hall–Kier alpha value is -2.10. The summed E-state index contributed by atoms with van der Waals surface area (Å²) in [6.45, 7) is 0.163. The molecular formula is C10H10F3N5OS. The Kier molecular flexibility index (Phi) is 3.93. The molecule has 10 heteroatoms. The SMILES string of the molecule is CNc1cc(NCc2csc(=O)[nH]2)nc(C(F)(F)F)n1. The van der Waals surface area contributed by atoms with E-state index in [9.17, 15) is 18.0 Å². The number of hydrogen-bond acceptors (Lipinski definition) is 6. The molecule has 0 amide bonds. The summed E-state index contributed by atoms with van der Waals surface area (Å²) in [5.41, 5.74) is 0.568. The standard InChI is InChI=1S/C10H10F3N5OS/c1-14-6-2-7(18-8(17-6)10(11,12)13)15-3-5-4-20-9(19)16-5/h2,4H,3H2,1H3,(H,16,19)(H2,14,15,17,18). The second-order valence-corrected chi connectivity index (χ2v) is 4.58. The second kappa shape index (κ2) is 5.49. The van der Waals surface area contributed by atoms with Crippen molar-refractivity contribution in [2.45, 2.75) is 12.7 Å². The summed E-state index contributed by atoms with van der Waals surface area (Å²) in [5.74, 6) is -1.16. The van der Waals surface area contributed by atoms with E-state index in [1.807, 2.05) is 0 Å². The first-order valence-corrected chi connectivity index (χ1v) is 6.31. The van der Waals surface area contributed by atoms with Crippen LogP contribution in [0.25, 0.3) is 0 Å². The van der Waals surface area contributed by atoms with Gasteiger partial charge in [-0.15, -0.1) is 0 Å². The fourth-order valence-electron chi connectivity index (χ4n) is 1.38. The molecule has 0 fully saturated rings. The van der Waals surface area contributed by atoms with E-state index in [-0.39, 0.29) is 23.1 Å². The Morgan fingerprint density at radius 1 is 1.35 bits per heavy atom. The van der Waals surface area contributed by atoms with Gasteiger partial charge in [-0.05, 0) is 0 Å². The molecule has 0 aromatic carbocycles. The fourth-order valence-corrected chi connectivity index (χ4v) is 1.96. The number of nitrogens with zero attached hydrogens (tertiary/aromatic N) is 2. The molecule has 2 aromatic heterocycles. The maximum Gasteiger partial charge on any atom is 0.451 e. The van der Waals surface area contributed by atoms with Crippen molar-refractivity contribution in [2.24, 2.45) is 0 Å². The topological polar surface area (TPSA) is 82.7 Å². The molecule has 0 atom stereocenters. The van der Waals surface area contributed by atoms with Crippen molar-refractivity contribution < 1.29 is 13.2 Å². The second-order valence-electron chi connectivity index (χ2n) is 3.74. The van der Waals surface area contributed by atoms with Crippen molar-refractivity contribution in [3.8, 4) is 0 Å². The minimum absolute atomic E-state index is 0.0173. The minimum atomic E-state index is -4.63. The molecular weight excluding hydrogens is 295 g/mol. The van der Waals surface area contributed by atoms with Crippen molar-refractivity contribution in [1.29, 1.82) is 0 Å². The third kappa shape index (κ3) is 3.47. The fraction of sp³-hybridized carbons (Fsp3) is 0.300. The molecule has 108 valence electrons. The highest BCUT2D eigenvalue weighted by molar-refractivity contribution is 7.07. The number of aromatic amines is 1. The van der Waals surface area contributed by atoms with Gasteiger partial charge in [0.25, 0.3) is 0 Å². The number of alkyl halides is 3. The lowest BCUT2D eigenvalue weighted by molar-refractivity contribution is -0.144. The summed E-state index contributed by atoms with van der Waals surface area (Å²) in [6.07, 6.45) is -4.63. The monoisotopic (exact) mass is 305 g/mol. The van der Waals surface area contributed by atoms with Crippen LogP contribution in [0.2, 0.25) is 0 Å². The average Bonchev–Trinajstić information content (AvgIpc) is 2.81. The van der Waals surface area contributed by atoms with Crippen LogP contribution < -0.4 is 15.5 Å². The van der Waals surface area contributed by atoms with Gasteiger partial charge in [0.05, 0.1) is 6.54 Å². The molecule has 0 bridgehead atoms. The zero-order valence-corrected chi connectivity index (χ0v) is 11.0. The van der Waals surface area contributed by atoms with E-state index in [0.29, 0.717) is 5.69 Å². The summed E-state index contributed by atoms with van der Waals surface area (Å²) in [5, 5.41) is 6.83. The Balaban J connectivity index is 2.20. The molecule has 2 heterocycles. The lowest BCUT2D eigenvalue weighted by Crippen LogP contribution is -2.14. The van der Waals surface area contributed by atoms with Gasteiger partial charge in [-0.1, -0.05) is 11.3 Å². The summed E-state index contributed by atoms with van der Waals surface area (Å²) in [6, 6.07) is 1.35. The van der Waals surface area contributed by atoms with Gasteiger partial charge in [-0.25, -0.2) is 9.97 Å². The summed E-state index contributed by atoms with van der Waals surface area (Å²) in [7, 11) is 1.46. The van der Waals surface area contributed by atoms with Crippen molar-refractivity contribution in [3.63, 3.8) is 0 Å². The summed E-state index contributed by atoms with van der Waals surface area (Å²) >= 11 is 0.978. The molecule has 2 rings (SSSR count). The molecule has 0 aliphatic carbocycles. The van der Waals surface area contributed by atoms with Crippen LogP contribution in [0.3, 0.4) is 0 Å². The van der Waals surface area contributed by atoms with Gasteiger partial charge in [-0.2, -0.15) is 13.2 Å². The van der Waals surface area contributed by atoms with E-state index < -0.39 is 12.0 Å². The molecule has 6 nitrogen and oxygen atoms in total. The van der Waals surface area contributed by atoms with E-state index in [4.69, 9.17) is 0 Å². The lowest BCUT2D eigenvalue weighted by Gasteiger charge is -2.10. The molecule has 0 saturated heterocycles. The van der Waals surface area contributed by atoms with Crippen LogP contribution in [0.1, 0.15) is 11.5 Å². The zero-order chi connectivity index (χ0) is 14.8. The number of thiazole rings is 1. The molecule has 20 heavy (non-hydrogen) atoms. The molecule has 0 spiro atoms. The van der Waals surface area contributed by atoms with Gasteiger partial charge >= 0.3 is 11.0 Å². The van der Waals surface area contributed by atoms with Crippen LogP contribution in [0.15, 0.2) is 16.2 Å². The Morgan fingerprint density at radius 2 is 2.05 bits per heavy atom. The number of aromatic nitrogens is 3. The van der Waals surface area contributed by atoms with Crippen LogP contribution in [0.4, 0.5) is 24.8 Å².